The Kier molecular flexibility index (Phi) is 1.75. The van der Waals surface area contributed by atoms with Gasteiger partial charge in [-0.15, -0.1) is 0 Å². The summed E-state index contributed by atoms with van der Waals surface area (Å²) in [5.74, 6) is -0.0732. The molecule has 1 heterocycles. The Hall–Kier alpha value is -1.05. The van der Waals surface area contributed by atoms with E-state index < -0.39 is 0 Å². The molecule has 0 saturated heterocycles. The maximum absolute atomic E-state index is 13.2. The lowest BCUT2D eigenvalue weighted by atomic mass is 10.1. The van der Waals surface area contributed by atoms with Crippen LogP contribution in [0.15, 0.2) is 18.2 Å². The summed E-state index contributed by atoms with van der Waals surface area (Å²) in [5.41, 5.74) is 1.83. The molecular weight excluding hydrogens is 153 g/mol. The molecule has 1 unspecified atom stereocenters. The zero-order valence-electron chi connectivity index (χ0n) is 7.10. The van der Waals surface area contributed by atoms with Crippen LogP contribution in [0, 0.1) is 5.82 Å². The third-order valence-electron chi connectivity index (χ3n) is 2.42. The van der Waals surface area contributed by atoms with Crippen LogP contribution in [-0.2, 0) is 6.42 Å². The first kappa shape index (κ1) is 7.59. The van der Waals surface area contributed by atoms with Gasteiger partial charge in [-0.25, -0.2) is 4.39 Å². The van der Waals surface area contributed by atoms with E-state index in [2.05, 4.69) is 12.2 Å². The summed E-state index contributed by atoms with van der Waals surface area (Å²) in [5, 5.41) is 3.28. The molecule has 0 aliphatic carbocycles. The molecule has 1 aliphatic rings. The van der Waals surface area contributed by atoms with Crippen molar-refractivity contribution in [3.05, 3.63) is 29.6 Å². The van der Waals surface area contributed by atoms with Crippen LogP contribution >= 0.6 is 0 Å². The van der Waals surface area contributed by atoms with Crippen LogP contribution < -0.4 is 5.32 Å². The molecule has 1 nitrogen and oxygen atoms in total. The molecule has 1 N–H and O–H groups in total. The average Bonchev–Trinajstić information content (AvgIpc) is 2.49. The van der Waals surface area contributed by atoms with Crippen molar-refractivity contribution in [2.45, 2.75) is 25.8 Å². The van der Waals surface area contributed by atoms with Gasteiger partial charge in [0.25, 0.3) is 0 Å². The molecule has 1 aromatic carbocycles. The molecule has 0 bridgehead atoms. The molecule has 12 heavy (non-hydrogen) atoms. The second-order valence-corrected chi connectivity index (χ2v) is 3.22. The standard InChI is InChI=1S/C10H12FN/c1-2-7-6-8-9(11)4-3-5-10(8)12-7/h3-5,7,12H,2,6H2,1H3. The number of anilines is 1. The van der Waals surface area contributed by atoms with Crippen molar-refractivity contribution in [2.75, 3.05) is 5.32 Å². The van der Waals surface area contributed by atoms with E-state index in [9.17, 15) is 4.39 Å². The van der Waals surface area contributed by atoms with Crippen molar-refractivity contribution in [1.82, 2.24) is 0 Å². The number of halogens is 1. The first-order chi connectivity index (χ1) is 5.81. The van der Waals surface area contributed by atoms with Crippen LogP contribution in [0.2, 0.25) is 0 Å². The summed E-state index contributed by atoms with van der Waals surface area (Å²) in [6.45, 7) is 2.11. The Balaban J connectivity index is 2.35. The van der Waals surface area contributed by atoms with E-state index in [1.54, 1.807) is 6.07 Å². The van der Waals surface area contributed by atoms with E-state index in [1.165, 1.54) is 6.07 Å². The van der Waals surface area contributed by atoms with Gasteiger partial charge in [0.1, 0.15) is 5.82 Å². The number of benzene rings is 1. The molecule has 0 saturated carbocycles. The van der Waals surface area contributed by atoms with Crippen molar-refractivity contribution in [3.63, 3.8) is 0 Å². The summed E-state index contributed by atoms with van der Waals surface area (Å²) < 4.78 is 13.2. The second kappa shape index (κ2) is 2.77. The van der Waals surface area contributed by atoms with E-state index in [4.69, 9.17) is 0 Å². The average molecular weight is 165 g/mol. The number of hydrogen-bond donors (Lipinski definition) is 1. The highest BCUT2D eigenvalue weighted by atomic mass is 19.1. The van der Waals surface area contributed by atoms with Crippen molar-refractivity contribution < 1.29 is 4.39 Å². The second-order valence-electron chi connectivity index (χ2n) is 3.22. The first-order valence-electron chi connectivity index (χ1n) is 4.35. The fraction of sp³-hybridized carbons (Fsp3) is 0.400. The third kappa shape index (κ3) is 1.07. The van der Waals surface area contributed by atoms with Crippen molar-refractivity contribution in [3.8, 4) is 0 Å². The molecule has 2 rings (SSSR count). The molecule has 0 fully saturated rings. The third-order valence-corrected chi connectivity index (χ3v) is 2.42. The fourth-order valence-corrected chi connectivity index (χ4v) is 1.67. The molecule has 1 aliphatic heterocycles. The Morgan fingerprint density at radius 1 is 1.58 bits per heavy atom. The van der Waals surface area contributed by atoms with Gasteiger partial charge in [0, 0.05) is 17.3 Å². The molecular formula is C10H12FN. The molecule has 2 heteroatoms. The quantitative estimate of drug-likeness (QED) is 0.674. The van der Waals surface area contributed by atoms with E-state index in [1.807, 2.05) is 6.07 Å². The molecule has 0 spiro atoms. The van der Waals surface area contributed by atoms with Crippen LogP contribution in [0.25, 0.3) is 0 Å². The molecule has 64 valence electrons. The minimum Gasteiger partial charge on any atom is -0.382 e. The van der Waals surface area contributed by atoms with Crippen LogP contribution in [0.3, 0.4) is 0 Å². The highest BCUT2D eigenvalue weighted by Gasteiger charge is 2.21. The van der Waals surface area contributed by atoms with Gasteiger partial charge in [-0.2, -0.15) is 0 Å². The van der Waals surface area contributed by atoms with Gasteiger partial charge in [0.05, 0.1) is 0 Å². The van der Waals surface area contributed by atoms with Crippen LogP contribution in [0.4, 0.5) is 10.1 Å². The maximum atomic E-state index is 13.2. The van der Waals surface area contributed by atoms with E-state index in [0.717, 1.165) is 24.1 Å². The minimum absolute atomic E-state index is 0.0732. The fourth-order valence-electron chi connectivity index (χ4n) is 1.67. The monoisotopic (exact) mass is 165 g/mol. The zero-order valence-corrected chi connectivity index (χ0v) is 7.10. The number of fused-ring (bicyclic) bond motifs is 1. The molecule has 0 radical (unpaired) electrons. The predicted molar refractivity (Wildman–Crippen MR) is 47.8 cm³/mol. The predicted octanol–water partition coefficient (Wildman–Crippen LogP) is 2.57. The largest absolute Gasteiger partial charge is 0.382 e. The molecule has 1 atom stereocenters. The summed E-state index contributed by atoms with van der Waals surface area (Å²) in [4.78, 5) is 0. The Morgan fingerprint density at radius 2 is 2.42 bits per heavy atom. The lowest BCUT2D eigenvalue weighted by molar-refractivity contribution is 0.605. The molecule has 0 amide bonds. The lowest BCUT2D eigenvalue weighted by Crippen LogP contribution is -2.12. The van der Waals surface area contributed by atoms with Crippen molar-refractivity contribution in [2.24, 2.45) is 0 Å². The van der Waals surface area contributed by atoms with Gasteiger partial charge in [-0.05, 0) is 25.0 Å². The van der Waals surface area contributed by atoms with Crippen molar-refractivity contribution in [1.29, 1.82) is 0 Å². The first-order valence-corrected chi connectivity index (χ1v) is 4.35. The van der Waals surface area contributed by atoms with Gasteiger partial charge in [0.15, 0.2) is 0 Å². The summed E-state index contributed by atoms with van der Waals surface area (Å²) in [7, 11) is 0. The summed E-state index contributed by atoms with van der Waals surface area (Å²) in [6.07, 6.45) is 1.88. The Morgan fingerprint density at radius 3 is 3.08 bits per heavy atom. The number of nitrogens with one attached hydrogen (secondary N) is 1. The van der Waals surface area contributed by atoms with Crippen LogP contribution in [0.5, 0.6) is 0 Å². The van der Waals surface area contributed by atoms with Crippen LogP contribution in [0.1, 0.15) is 18.9 Å². The number of rotatable bonds is 1. The van der Waals surface area contributed by atoms with Gasteiger partial charge in [0.2, 0.25) is 0 Å². The summed E-state index contributed by atoms with van der Waals surface area (Å²) in [6, 6.07) is 5.64. The van der Waals surface area contributed by atoms with Gasteiger partial charge >= 0.3 is 0 Å². The van der Waals surface area contributed by atoms with Gasteiger partial charge < -0.3 is 5.32 Å². The summed E-state index contributed by atoms with van der Waals surface area (Å²) >= 11 is 0. The van der Waals surface area contributed by atoms with Gasteiger partial charge in [-0.1, -0.05) is 13.0 Å². The highest BCUT2D eigenvalue weighted by Crippen LogP contribution is 2.28. The van der Waals surface area contributed by atoms with Crippen molar-refractivity contribution >= 4 is 5.69 Å². The van der Waals surface area contributed by atoms with Crippen LogP contribution in [-0.4, -0.2) is 6.04 Å². The Bertz CT molecular complexity index is 296. The topological polar surface area (TPSA) is 12.0 Å². The maximum Gasteiger partial charge on any atom is 0.128 e. The molecule has 0 aromatic heterocycles. The SMILES string of the molecule is CCC1Cc2c(F)cccc2N1. The molecule has 1 aromatic rings. The normalized spacial score (nSPS) is 20.3. The minimum atomic E-state index is -0.0732. The lowest BCUT2D eigenvalue weighted by Gasteiger charge is -2.05. The van der Waals surface area contributed by atoms with E-state index in [-0.39, 0.29) is 5.82 Å². The zero-order chi connectivity index (χ0) is 8.55. The highest BCUT2D eigenvalue weighted by molar-refractivity contribution is 5.57. The van der Waals surface area contributed by atoms with Gasteiger partial charge in [-0.3, -0.25) is 0 Å². The Labute approximate surface area is 71.6 Å². The number of hydrogen-bond acceptors (Lipinski definition) is 1. The smallest absolute Gasteiger partial charge is 0.128 e. The van der Waals surface area contributed by atoms with E-state index in [0.29, 0.717) is 6.04 Å². The van der Waals surface area contributed by atoms with E-state index >= 15 is 0 Å².